The van der Waals surface area contributed by atoms with E-state index in [0.717, 1.165) is 54.3 Å². The number of hydrogen-bond donors (Lipinski definition) is 3. The van der Waals surface area contributed by atoms with Gasteiger partial charge in [0.05, 0.1) is 15.9 Å². The van der Waals surface area contributed by atoms with Crippen molar-refractivity contribution >= 4 is 27.0 Å². The van der Waals surface area contributed by atoms with Crippen LogP contribution in [-0.2, 0) is 23.0 Å². The summed E-state index contributed by atoms with van der Waals surface area (Å²) in [6, 6.07) is 14.8. The highest BCUT2D eigenvalue weighted by Gasteiger charge is 2.07. The molecule has 8 nitrogen and oxygen atoms in total. The molecule has 2 aromatic carbocycles. The number of nitrogens with one attached hydrogen (secondary N) is 2. The van der Waals surface area contributed by atoms with E-state index in [4.69, 9.17) is 5.14 Å². The lowest BCUT2D eigenvalue weighted by Crippen LogP contribution is -2.38. The second-order valence-corrected chi connectivity index (χ2v) is 8.84. The quantitative estimate of drug-likeness (QED) is 0.267. The number of guanidine groups is 1. The highest BCUT2D eigenvalue weighted by Crippen LogP contribution is 2.15. The Hall–Kier alpha value is -2.91. The molecule has 4 N–H and O–H groups in total. The zero-order valence-electron chi connectivity index (χ0n) is 18.0. The largest absolute Gasteiger partial charge is 0.357 e. The van der Waals surface area contributed by atoms with E-state index in [0.29, 0.717) is 13.1 Å². The smallest absolute Gasteiger partial charge is 0.238 e. The van der Waals surface area contributed by atoms with E-state index in [9.17, 15) is 8.42 Å². The molecule has 31 heavy (non-hydrogen) atoms. The first kappa shape index (κ1) is 22.8. The zero-order valence-corrected chi connectivity index (χ0v) is 18.8. The van der Waals surface area contributed by atoms with Crippen LogP contribution in [-0.4, -0.2) is 43.6 Å². The summed E-state index contributed by atoms with van der Waals surface area (Å²) in [5, 5.41) is 11.7. The summed E-state index contributed by atoms with van der Waals surface area (Å²) in [6.45, 7) is 7.09. The molecular weight excluding hydrogens is 412 g/mol. The average molecular weight is 443 g/mol. The number of rotatable bonds is 9. The van der Waals surface area contributed by atoms with Gasteiger partial charge in [0.1, 0.15) is 5.82 Å². The lowest BCUT2D eigenvalue weighted by Gasteiger charge is -2.12. The first-order valence-corrected chi connectivity index (χ1v) is 12.0. The maximum Gasteiger partial charge on any atom is 0.238 e. The number of para-hydroxylation sites is 2. The number of hydrogen-bond acceptors (Lipinski definition) is 4. The van der Waals surface area contributed by atoms with Gasteiger partial charge >= 0.3 is 0 Å². The van der Waals surface area contributed by atoms with Crippen LogP contribution >= 0.6 is 0 Å². The standard InChI is InChI=1S/C22H30N6O2S/c1-3-24-22(26-15-13-18-9-11-19(12-10-18)31(23,29)30)25-14-6-16-28-17(2)27-20-7-4-5-8-21(20)28/h4-5,7-12H,3,6,13-16H2,1-2H3,(H2,23,29,30)(H2,24,25,26). The van der Waals surface area contributed by atoms with Crippen molar-refractivity contribution in [3.8, 4) is 0 Å². The molecule has 0 amide bonds. The van der Waals surface area contributed by atoms with Gasteiger partial charge in [0.15, 0.2) is 5.96 Å². The zero-order chi connectivity index (χ0) is 22.3. The third-order valence-electron chi connectivity index (χ3n) is 4.96. The molecule has 0 radical (unpaired) electrons. The number of nitrogens with zero attached hydrogens (tertiary/aromatic N) is 3. The van der Waals surface area contributed by atoms with Crippen LogP contribution in [0, 0.1) is 6.92 Å². The van der Waals surface area contributed by atoms with Gasteiger partial charge in [-0.15, -0.1) is 0 Å². The molecule has 1 aromatic heterocycles. The molecule has 0 aliphatic carbocycles. The van der Waals surface area contributed by atoms with Gasteiger partial charge in [0, 0.05) is 26.2 Å². The SMILES string of the molecule is CCNC(=NCCCn1c(C)nc2ccccc21)NCCc1ccc(S(N)(=O)=O)cc1. The normalized spacial score (nSPS) is 12.3. The van der Waals surface area contributed by atoms with E-state index >= 15 is 0 Å². The summed E-state index contributed by atoms with van der Waals surface area (Å²) in [5.74, 6) is 1.79. The lowest BCUT2D eigenvalue weighted by molar-refractivity contribution is 0.598. The highest BCUT2D eigenvalue weighted by molar-refractivity contribution is 7.89. The molecule has 0 aliphatic rings. The fraction of sp³-hybridized carbons (Fsp3) is 0.364. The topological polar surface area (TPSA) is 114 Å². The Kier molecular flexibility index (Phi) is 7.64. The summed E-state index contributed by atoms with van der Waals surface area (Å²) in [7, 11) is -3.66. The van der Waals surface area contributed by atoms with Gasteiger partial charge in [0.2, 0.25) is 10.0 Å². The molecule has 0 spiro atoms. The van der Waals surface area contributed by atoms with Crippen LogP contribution in [0.5, 0.6) is 0 Å². The van der Waals surface area contributed by atoms with E-state index in [2.05, 4.69) is 31.2 Å². The third kappa shape index (κ3) is 6.28. The summed E-state index contributed by atoms with van der Waals surface area (Å²) >= 11 is 0. The Bertz CT molecular complexity index is 1140. The first-order valence-electron chi connectivity index (χ1n) is 10.4. The molecule has 0 aliphatic heterocycles. The van der Waals surface area contributed by atoms with Gasteiger partial charge in [-0.3, -0.25) is 4.99 Å². The van der Waals surface area contributed by atoms with Crippen LogP contribution in [0.15, 0.2) is 58.4 Å². The van der Waals surface area contributed by atoms with E-state index in [1.807, 2.05) is 32.0 Å². The minimum Gasteiger partial charge on any atom is -0.357 e. The van der Waals surface area contributed by atoms with Crippen LogP contribution in [0.1, 0.15) is 24.7 Å². The van der Waals surface area contributed by atoms with E-state index in [1.54, 1.807) is 12.1 Å². The Morgan fingerprint density at radius 3 is 2.58 bits per heavy atom. The fourth-order valence-electron chi connectivity index (χ4n) is 3.41. The van der Waals surface area contributed by atoms with Crippen molar-refractivity contribution in [3.05, 3.63) is 59.9 Å². The number of aliphatic imine (C=N–C) groups is 1. The second-order valence-electron chi connectivity index (χ2n) is 7.28. The number of imidazole rings is 1. The van der Waals surface area contributed by atoms with Gasteiger partial charge in [-0.2, -0.15) is 0 Å². The van der Waals surface area contributed by atoms with Crippen LogP contribution in [0.2, 0.25) is 0 Å². The third-order valence-corrected chi connectivity index (χ3v) is 5.89. The predicted molar refractivity (Wildman–Crippen MR) is 125 cm³/mol. The Morgan fingerprint density at radius 2 is 1.87 bits per heavy atom. The highest BCUT2D eigenvalue weighted by atomic mass is 32.2. The van der Waals surface area contributed by atoms with Crippen molar-refractivity contribution in [1.82, 2.24) is 20.2 Å². The Balaban J connectivity index is 1.50. The number of nitrogens with two attached hydrogens (primary N) is 1. The molecule has 0 atom stereocenters. The van der Waals surface area contributed by atoms with Gasteiger partial charge in [-0.25, -0.2) is 18.5 Å². The molecule has 0 bridgehead atoms. The van der Waals surface area contributed by atoms with Gasteiger partial charge in [0.25, 0.3) is 0 Å². The van der Waals surface area contributed by atoms with Gasteiger partial charge in [-0.1, -0.05) is 24.3 Å². The van der Waals surface area contributed by atoms with Crippen LogP contribution < -0.4 is 15.8 Å². The summed E-state index contributed by atoms with van der Waals surface area (Å²) in [5.41, 5.74) is 3.20. The summed E-state index contributed by atoms with van der Waals surface area (Å²) < 4.78 is 24.9. The van der Waals surface area contributed by atoms with E-state index in [1.165, 1.54) is 12.1 Å². The van der Waals surface area contributed by atoms with Gasteiger partial charge < -0.3 is 15.2 Å². The number of fused-ring (bicyclic) bond motifs is 1. The fourth-order valence-corrected chi connectivity index (χ4v) is 3.93. The van der Waals surface area contributed by atoms with Crippen molar-refractivity contribution < 1.29 is 8.42 Å². The minimum atomic E-state index is -3.66. The lowest BCUT2D eigenvalue weighted by atomic mass is 10.1. The maximum absolute atomic E-state index is 11.3. The number of aryl methyl sites for hydroxylation is 2. The number of sulfonamides is 1. The molecule has 166 valence electrons. The monoisotopic (exact) mass is 442 g/mol. The van der Waals surface area contributed by atoms with E-state index < -0.39 is 10.0 Å². The van der Waals surface area contributed by atoms with Crippen molar-refractivity contribution in [2.45, 2.75) is 38.1 Å². The number of primary sulfonamides is 1. The molecule has 9 heteroatoms. The molecule has 0 saturated heterocycles. The molecule has 0 unspecified atom stereocenters. The predicted octanol–water partition coefficient (Wildman–Crippen LogP) is 2.18. The van der Waals surface area contributed by atoms with Crippen molar-refractivity contribution in [2.24, 2.45) is 10.1 Å². The van der Waals surface area contributed by atoms with Gasteiger partial charge in [-0.05, 0) is 56.5 Å². The Labute approximate surface area is 183 Å². The van der Waals surface area contributed by atoms with E-state index in [-0.39, 0.29) is 4.90 Å². The minimum absolute atomic E-state index is 0.125. The van der Waals surface area contributed by atoms with Crippen LogP contribution in [0.4, 0.5) is 0 Å². The maximum atomic E-state index is 11.3. The molecular formula is C22H30N6O2S. The second kappa shape index (κ2) is 10.4. The van der Waals surface area contributed by atoms with Crippen molar-refractivity contribution in [2.75, 3.05) is 19.6 Å². The summed E-state index contributed by atoms with van der Waals surface area (Å²) in [6.07, 6.45) is 1.66. The average Bonchev–Trinajstić information content (AvgIpc) is 3.06. The number of benzene rings is 2. The number of aromatic nitrogens is 2. The van der Waals surface area contributed by atoms with Crippen LogP contribution in [0.3, 0.4) is 0 Å². The van der Waals surface area contributed by atoms with Crippen molar-refractivity contribution in [1.29, 1.82) is 0 Å². The Morgan fingerprint density at radius 1 is 1.13 bits per heavy atom. The molecule has 3 aromatic rings. The molecule has 0 fully saturated rings. The molecule has 1 heterocycles. The summed E-state index contributed by atoms with van der Waals surface area (Å²) in [4.78, 5) is 9.40. The van der Waals surface area contributed by atoms with Crippen molar-refractivity contribution in [3.63, 3.8) is 0 Å². The molecule has 3 rings (SSSR count). The first-order chi connectivity index (χ1) is 14.9. The molecule has 0 saturated carbocycles. The van der Waals surface area contributed by atoms with Crippen LogP contribution in [0.25, 0.3) is 11.0 Å².